The van der Waals surface area contributed by atoms with Crippen LogP contribution in [0.25, 0.3) is 0 Å². The predicted molar refractivity (Wildman–Crippen MR) is 54.4 cm³/mol. The van der Waals surface area contributed by atoms with Crippen molar-refractivity contribution in [1.29, 1.82) is 0 Å². The number of aliphatic imine (C=N–C) groups is 1. The third-order valence-electron chi connectivity index (χ3n) is 2.44. The molecule has 2 N–H and O–H groups in total. The van der Waals surface area contributed by atoms with Crippen molar-refractivity contribution in [3.63, 3.8) is 0 Å². The van der Waals surface area contributed by atoms with Gasteiger partial charge in [0.2, 0.25) is 0 Å². The second-order valence-electron chi connectivity index (χ2n) is 3.75. The van der Waals surface area contributed by atoms with E-state index in [4.69, 9.17) is 5.73 Å². The molecule has 1 saturated carbocycles. The minimum atomic E-state index is -0.452. The Hall–Kier alpha value is -1.45. The maximum absolute atomic E-state index is 13.2. The lowest BCUT2D eigenvalue weighted by Crippen LogP contribution is -2.14. The second kappa shape index (κ2) is 3.96. The van der Waals surface area contributed by atoms with Crippen LogP contribution >= 0.6 is 0 Å². The number of nitrogens with zero attached hydrogens (tertiary/aromatic N) is 1. The third-order valence-corrected chi connectivity index (χ3v) is 2.44. The highest BCUT2D eigenvalue weighted by Crippen LogP contribution is 2.29. The van der Waals surface area contributed by atoms with Crippen LogP contribution in [0.3, 0.4) is 0 Å². The van der Waals surface area contributed by atoms with E-state index in [1.54, 1.807) is 0 Å². The number of benzene rings is 1. The van der Waals surface area contributed by atoms with Crippen LogP contribution in [0.2, 0.25) is 0 Å². The summed E-state index contributed by atoms with van der Waals surface area (Å²) in [4.78, 5) is 4.05. The maximum atomic E-state index is 13.2. The number of rotatable bonds is 3. The minimum absolute atomic E-state index is 0.117. The van der Waals surface area contributed by atoms with Crippen LogP contribution in [-0.2, 0) is 6.54 Å². The molecule has 0 aliphatic heterocycles. The highest BCUT2D eigenvalue weighted by atomic mass is 19.1. The van der Waals surface area contributed by atoms with Gasteiger partial charge in [-0.05, 0) is 31.0 Å². The number of nitrogens with two attached hydrogens (primary N) is 1. The first-order chi connectivity index (χ1) is 7.16. The summed E-state index contributed by atoms with van der Waals surface area (Å²) >= 11 is 0. The van der Waals surface area contributed by atoms with Crippen LogP contribution in [0.1, 0.15) is 18.4 Å². The van der Waals surface area contributed by atoms with Gasteiger partial charge in [-0.15, -0.1) is 0 Å². The predicted octanol–water partition coefficient (Wildman–Crippen LogP) is 2.23. The quantitative estimate of drug-likeness (QED) is 0.603. The lowest BCUT2D eigenvalue weighted by atomic mass is 10.2. The van der Waals surface area contributed by atoms with Gasteiger partial charge in [0.15, 0.2) is 0 Å². The Bertz CT molecular complexity index is 398. The first-order valence-corrected chi connectivity index (χ1v) is 4.90. The third kappa shape index (κ3) is 2.52. The Balaban J connectivity index is 2.09. The number of hydrogen-bond acceptors (Lipinski definition) is 1. The Morgan fingerprint density at radius 1 is 1.40 bits per heavy atom. The summed E-state index contributed by atoms with van der Waals surface area (Å²) in [6.45, 7) is 0.117. The molecule has 15 heavy (non-hydrogen) atoms. The van der Waals surface area contributed by atoms with Crippen molar-refractivity contribution in [3.05, 3.63) is 35.4 Å². The van der Waals surface area contributed by atoms with Gasteiger partial charge >= 0.3 is 0 Å². The van der Waals surface area contributed by atoms with Crippen molar-refractivity contribution in [3.8, 4) is 0 Å². The first-order valence-electron chi connectivity index (χ1n) is 4.90. The average Bonchev–Trinajstić information content (AvgIpc) is 3.02. The molecule has 2 nitrogen and oxygen atoms in total. The first kappa shape index (κ1) is 10.1. The Morgan fingerprint density at radius 2 is 2.13 bits per heavy atom. The summed E-state index contributed by atoms with van der Waals surface area (Å²) in [7, 11) is 0. The van der Waals surface area contributed by atoms with Gasteiger partial charge < -0.3 is 5.73 Å². The fourth-order valence-corrected chi connectivity index (χ4v) is 1.35. The molecule has 1 aliphatic rings. The largest absolute Gasteiger partial charge is 0.387 e. The molecule has 2 rings (SSSR count). The Morgan fingerprint density at radius 3 is 2.80 bits per heavy atom. The standard InChI is InChI=1S/C11H12F2N2/c12-9-3-4-10(13)8(5-9)6-15-11(14)7-1-2-7/h3-5,7H,1-2,6H2,(H2,14,15). The van der Waals surface area contributed by atoms with Crippen molar-refractivity contribution in [2.45, 2.75) is 19.4 Å². The molecule has 0 radical (unpaired) electrons. The zero-order valence-corrected chi connectivity index (χ0v) is 8.21. The molecule has 1 aromatic rings. The molecule has 0 unspecified atom stereocenters. The van der Waals surface area contributed by atoms with Gasteiger partial charge in [0, 0.05) is 11.5 Å². The van der Waals surface area contributed by atoms with E-state index in [-0.39, 0.29) is 12.1 Å². The Kier molecular flexibility index (Phi) is 2.66. The summed E-state index contributed by atoms with van der Waals surface area (Å²) in [5.41, 5.74) is 5.90. The van der Waals surface area contributed by atoms with Crippen molar-refractivity contribution in [1.82, 2.24) is 0 Å². The summed E-state index contributed by atoms with van der Waals surface area (Å²) in [5, 5.41) is 0. The minimum Gasteiger partial charge on any atom is -0.387 e. The van der Waals surface area contributed by atoms with E-state index in [0.29, 0.717) is 11.8 Å². The normalized spacial score (nSPS) is 16.8. The monoisotopic (exact) mass is 210 g/mol. The van der Waals surface area contributed by atoms with Gasteiger partial charge in [0.05, 0.1) is 12.4 Å². The molecule has 0 amide bonds. The molecule has 0 heterocycles. The fraction of sp³-hybridized carbons (Fsp3) is 0.364. The van der Waals surface area contributed by atoms with Gasteiger partial charge in [0.25, 0.3) is 0 Å². The summed E-state index contributed by atoms with van der Waals surface area (Å²) in [6, 6.07) is 3.35. The van der Waals surface area contributed by atoms with Crippen molar-refractivity contribution >= 4 is 5.84 Å². The Labute approximate surface area is 86.8 Å². The molecule has 0 spiro atoms. The van der Waals surface area contributed by atoms with E-state index in [1.807, 2.05) is 0 Å². The van der Waals surface area contributed by atoms with E-state index in [9.17, 15) is 8.78 Å². The lowest BCUT2D eigenvalue weighted by molar-refractivity contribution is 0.586. The number of amidine groups is 1. The molecule has 80 valence electrons. The van der Waals surface area contributed by atoms with Gasteiger partial charge in [0.1, 0.15) is 11.6 Å². The van der Waals surface area contributed by atoms with Crippen LogP contribution < -0.4 is 5.73 Å². The summed E-state index contributed by atoms with van der Waals surface area (Å²) in [6.07, 6.45) is 2.11. The molecule has 1 fully saturated rings. The molecule has 0 bridgehead atoms. The maximum Gasteiger partial charge on any atom is 0.128 e. The molecule has 0 saturated heterocycles. The number of halogens is 2. The molecular weight excluding hydrogens is 198 g/mol. The van der Waals surface area contributed by atoms with E-state index in [1.165, 1.54) is 0 Å². The van der Waals surface area contributed by atoms with E-state index < -0.39 is 11.6 Å². The highest BCUT2D eigenvalue weighted by Gasteiger charge is 2.25. The van der Waals surface area contributed by atoms with Crippen molar-refractivity contribution < 1.29 is 8.78 Å². The zero-order valence-electron chi connectivity index (χ0n) is 8.21. The van der Waals surface area contributed by atoms with E-state index >= 15 is 0 Å². The molecular formula is C11H12F2N2. The highest BCUT2D eigenvalue weighted by molar-refractivity contribution is 5.84. The van der Waals surface area contributed by atoms with Gasteiger partial charge in [-0.3, -0.25) is 4.99 Å². The van der Waals surface area contributed by atoms with Gasteiger partial charge in [-0.2, -0.15) is 0 Å². The van der Waals surface area contributed by atoms with Crippen LogP contribution in [0.4, 0.5) is 8.78 Å². The molecule has 1 aromatic carbocycles. The molecule has 1 aliphatic carbocycles. The fourth-order valence-electron chi connectivity index (χ4n) is 1.35. The second-order valence-corrected chi connectivity index (χ2v) is 3.75. The van der Waals surface area contributed by atoms with Crippen LogP contribution in [0, 0.1) is 17.6 Å². The van der Waals surface area contributed by atoms with Crippen molar-refractivity contribution in [2.24, 2.45) is 16.6 Å². The topological polar surface area (TPSA) is 38.4 Å². The van der Waals surface area contributed by atoms with Crippen LogP contribution in [0.5, 0.6) is 0 Å². The number of hydrogen-bond donors (Lipinski definition) is 1. The zero-order chi connectivity index (χ0) is 10.8. The lowest BCUT2D eigenvalue weighted by Gasteiger charge is -2.01. The van der Waals surface area contributed by atoms with Gasteiger partial charge in [-0.25, -0.2) is 8.78 Å². The summed E-state index contributed by atoms with van der Waals surface area (Å²) < 4.78 is 26.0. The average molecular weight is 210 g/mol. The van der Waals surface area contributed by atoms with E-state index in [0.717, 1.165) is 31.0 Å². The summed E-state index contributed by atoms with van der Waals surface area (Å²) in [5.74, 6) is 0.0237. The van der Waals surface area contributed by atoms with Crippen LogP contribution in [0.15, 0.2) is 23.2 Å². The smallest absolute Gasteiger partial charge is 0.128 e. The van der Waals surface area contributed by atoms with Crippen molar-refractivity contribution in [2.75, 3.05) is 0 Å². The van der Waals surface area contributed by atoms with Crippen LogP contribution in [-0.4, -0.2) is 5.84 Å². The SMILES string of the molecule is NC(=NCc1cc(F)ccc1F)C1CC1. The molecule has 4 heteroatoms. The van der Waals surface area contributed by atoms with E-state index in [2.05, 4.69) is 4.99 Å². The molecule has 0 atom stereocenters. The van der Waals surface area contributed by atoms with Gasteiger partial charge in [-0.1, -0.05) is 0 Å². The molecule has 0 aromatic heterocycles.